The second-order valence-electron chi connectivity index (χ2n) is 23.7. The van der Waals surface area contributed by atoms with E-state index in [-0.39, 0.29) is 44.5 Å². The molecule has 7 heterocycles. The summed E-state index contributed by atoms with van der Waals surface area (Å²) < 4.78 is 31.0. The van der Waals surface area contributed by atoms with Crippen molar-refractivity contribution < 1.29 is 118 Å². The number of phenolic OH excluding ortho intramolecular Hbond substituents is 6. The molecule has 20 N–H and O–H groups in total. The van der Waals surface area contributed by atoms with Crippen LogP contribution in [0.3, 0.4) is 0 Å². The van der Waals surface area contributed by atoms with E-state index < -0.39 is 224 Å². The van der Waals surface area contributed by atoms with Gasteiger partial charge in [0.25, 0.3) is 0 Å². The highest BCUT2D eigenvalue weighted by Gasteiger charge is 2.49. The molecule has 7 aromatic carbocycles. The summed E-state index contributed by atoms with van der Waals surface area (Å²) >= 11 is 14.0. The first kappa shape index (κ1) is 68.7. The van der Waals surface area contributed by atoms with Crippen LogP contribution in [0.2, 0.25) is 10.0 Å². The van der Waals surface area contributed by atoms with Crippen LogP contribution < -0.4 is 57.2 Å². The fraction of sp³-hybridized carbons (Fsp3) is 0.242. The molecule has 0 aromatic heterocycles. The molecule has 7 aliphatic heterocycles. The number of aliphatic carboxylic acids is 1. The Morgan fingerprint density at radius 3 is 1.73 bits per heavy atom. The fourth-order valence-electron chi connectivity index (χ4n) is 12.1. The topological polar surface area (TPSA) is 515 Å². The maximum absolute atomic E-state index is 16.1. The van der Waals surface area contributed by atoms with Crippen molar-refractivity contribution in [3.05, 3.63) is 164 Å². The zero-order chi connectivity index (χ0) is 71.6. The minimum absolute atomic E-state index is 0.00753. The Bertz CT molecular complexity index is 4560. The number of phenols is 6. The SMILES string of the molecule is CC(=O)N[C@H]1[C@H](O[C@@H]2c3ccc(c(Cl)c3)Oc3cc4cc(c3O)Oc3ccc(cc3Cl)[C@@H](O)[C@H]3NC(=O)[C@H](N)c5ccc(O)c(c5)Oc5cc(O)cc(c5)[C@H](NC3=O)C(=O)N[C@H]4C(=O)N[C@@H]3C(=O)N[C@@H]2C(=O)N[C@H](C(=O)O)c2cc(O)cc(O)c2-c2cc3ccc2O)O[C@H](CO)[C@@H](O)[C@@H]1O. The standard InChI is InChI=1S/C66H58Cl2N8O24/c1-22(78)70-52-57(87)56(86)44(21-77)99-66(52)100-58-26-5-9-40(35(68)14-26)98-43-17-28-16-42(55(43)85)97-39-8-4-25(13-34(39)67)54(84)51-63(92)73-48(27-10-29(79)18-31(11-27)96-41-15-23(2-7-37(41)82)46(69)59(88)75-51)61(90)72-49(28)62(91)71-47-24-3-6-36(81)32(12-24)45-33(19-30(80)20-38(45)83)50(65(94)95)74-64(93)53(58)76-60(47)89/h2-20,44,46-54,56-58,66,77,79-87H,21,69H2,1H3,(H,70,78)(H,71,91)(H,72,90)(H,73,92)(H,74,93)(H,75,88)(H,76,89)(H,94,95)/t44-,46-,47+,48+,49-,50+,51-,52-,53+,54-,56-,57-,58-,66+/m1/s1. The minimum Gasteiger partial charge on any atom is -0.508 e. The maximum Gasteiger partial charge on any atom is 0.330 e. The maximum atomic E-state index is 16.1. The summed E-state index contributed by atoms with van der Waals surface area (Å²) in [5.74, 6) is -18.2. The van der Waals surface area contributed by atoms with E-state index in [1.807, 2.05) is 0 Å². The van der Waals surface area contributed by atoms with E-state index >= 15 is 24.0 Å². The molecule has 0 radical (unpaired) electrons. The molecule has 34 heteroatoms. The van der Waals surface area contributed by atoms with E-state index in [1.165, 1.54) is 24.3 Å². The number of hydrogen-bond donors (Lipinski definition) is 19. The zero-order valence-electron chi connectivity index (χ0n) is 51.3. The predicted octanol–water partition coefficient (Wildman–Crippen LogP) is 2.44. The number of ether oxygens (including phenoxy) is 5. The Labute approximate surface area is 572 Å². The van der Waals surface area contributed by atoms with Crippen molar-refractivity contribution in [3.63, 3.8) is 0 Å². The Hall–Kier alpha value is -11.2. The smallest absolute Gasteiger partial charge is 0.330 e. The number of carbonyl (C=O) groups is 8. The number of fused-ring (bicyclic) bond motifs is 14. The number of benzene rings is 7. The number of halogens is 2. The largest absolute Gasteiger partial charge is 0.508 e. The number of amides is 7. The fourth-order valence-corrected chi connectivity index (χ4v) is 12.6. The van der Waals surface area contributed by atoms with Crippen molar-refractivity contribution in [2.45, 2.75) is 92.1 Å². The molecule has 14 rings (SSSR count). The van der Waals surface area contributed by atoms with Gasteiger partial charge < -0.3 is 123 Å². The van der Waals surface area contributed by atoms with Crippen molar-refractivity contribution >= 4 is 70.5 Å². The Morgan fingerprint density at radius 1 is 0.540 bits per heavy atom. The van der Waals surface area contributed by atoms with Gasteiger partial charge in [0, 0.05) is 35.7 Å². The third-order valence-corrected chi connectivity index (χ3v) is 17.7. The number of carbonyl (C=O) groups excluding carboxylic acids is 7. The summed E-state index contributed by atoms with van der Waals surface area (Å²) in [5.41, 5.74) is 3.07. The molecule has 17 bridgehead atoms. The number of aliphatic hydroxyl groups is 4. The molecule has 100 heavy (non-hydrogen) atoms. The van der Waals surface area contributed by atoms with Crippen LogP contribution in [-0.4, -0.2) is 153 Å². The first-order valence-electron chi connectivity index (χ1n) is 30.1. The molecule has 14 atom stereocenters. The molecular weight excluding hydrogens is 1360 g/mol. The number of nitrogens with two attached hydrogens (primary N) is 1. The highest BCUT2D eigenvalue weighted by atomic mass is 35.5. The van der Waals surface area contributed by atoms with Crippen LogP contribution >= 0.6 is 23.2 Å². The molecular formula is C66H58Cl2N8O24. The number of aliphatic hydroxyl groups excluding tert-OH is 4. The lowest BCUT2D eigenvalue weighted by atomic mass is 9.89. The van der Waals surface area contributed by atoms with E-state index in [1.54, 1.807) is 0 Å². The van der Waals surface area contributed by atoms with Crippen molar-refractivity contribution in [2.24, 2.45) is 5.73 Å². The van der Waals surface area contributed by atoms with Gasteiger partial charge in [-0.05, 0) is 112 Å². The lowest BCUT2D eigenvalue weighted by Gasteiger charge is -2.44. The van der Waals surface area contributed by atoms with Crippen molar-refractivity contribution in [1.82, 2.24) is 37.2 Å². The molecule has 0 unspecified atom stereocenters. The van der Waals surface area contributed by atoms with Crippen molar-refractivity contribution in [3.8, 4) is 80.1 Å². The lowest BCUT2D eigenvalue weighted by Crippen LogP contribution is -2.65. The van der Waals surface area contributed by atoms with Crippen LogP contribution in [0, 0.1) is 0 Å². The van der Waals surface area contributed by atoms with Crippen LogP contribution in [0.1, 0.15) is 88.3 Å². The average Bonchev–Trinajstić information content (AvgIpc) is 0.771. The monoisotopic (exact) mass is 1420 g/mol. The van der Waals surface area contributed by atoms with Crippen LogP contribution in [0.15, 0.2) is 115 Å². The van der Waals surface area contributed by atoms with Gasteiger partial charge in [0.1, 0.15) is 113 Å². The van der Waals surface area contributed by atoms with Gasteiger partial charge in [-0.2, -0.15) is 0 Å². The van der Waals surface area contributed by atoms with Gasteiger partial charge in [0.2, 0.25) is 47.1 Å². The first-order valence-corrected chi connectivity index (χ1v) is 30.9. The summed E-state index contributed by atoms with van der Waals surface area (Å²) in [6.45, 7) is 0.00513. The summed E-state index contributed by atoms with van der Waals surface area (Å²) in [5, 5.41) is 141. The van der Waals surface area contributed by atoms with E-state index in [9.17, 15) is 70.6 Å². The number of carboxylic acids is 1. The Kier molecular flexibility index (Phi) is 18.7. The van der Waals surface area contributed by atoms with Crippen LogP contribution in [0.4, 0.5) is 0 Å². The van der Waals surface area contributed by atoms with E-state index in [0.717, 1.165) is 97.9 Å². The van der Waals surface area contributed by atoms with Gasteiger partial charge in [-0.15, -0.1) is 0 Å². The molecule has 32 nitrogen and oxygen atoms in total. The minimum atomic E-state index is -2.40. The van der Waals surface area contributed by atoms with Crippen LogP contribution in [-0.2, 0) is 47.8 Å². The van der Waals surface area contributed by atoms with E-state index in [2.05, 4.69) is 37.2 Å². The highest BCUT2D eigenvalue weighted by Crippen LogP contribution is 2.49. The first-order chi connectivity index (χ1) is 47.5. The van der Waals surface area contributed by atoms with Gasteiger partial charge in [-0.1, -0.05) is 47.5 Å². The summed E-state index contributed by atoms with van der Waals surface area (Å²) in [6, 6.07) is 2.94. The summed E-state index contributed by atoms with van der Waals surface area (Å²) in [6.07, 6.45) is -12.0. The average molecular weight is 1420 g/mol. The predicted molar refractivity (Wildman–Crippen MR) is 340 cm³/mol. The van der Waals surface area contributed by atoms with Crippen LogP contribution in [0.5, 0.6) is 69.0 Å². The highest BCUT2D eigenvalue weighted by molar-refractivity contribution is 6.32. The van der Waals surface area contributed by atoms with E-state index in [0.29, 0.717) is 0 Å². The lowest BCUT2D eigenvalue weighted by molar-refractivity contribution is -0.284. The molecule has 7 aromatic rings. The molecule has 0 saturated carbocycles. The van der Waals surface area contributed by atoms with Gasteiger partial charge in [-0.25, -0.2) is 4.79 Å². The number of nitrogens with one attached hydrogen (secondary N) is 7. The third-order valence-electron chi connectivity index (χ3n) is 17.1. The second-order valence-corrected chi connectivity index (χ2v) is 24.5. The summed E-state index contributed by atoms with van der Waals surface area (Å²) in [4.78, 5) is 119. The van der Waals surface area contributed by atoms with Gasteiger partial charge >= 0.3 is 5.97 Å². The number of carboxylic acid groups (broad SMARTS) is 1. The quantitative estimate of drug-likeness (QED) is 0.118. The molecule has 1 fully saturated rings. The molecule has 0 aliphatic carbocycles. The number of rotatable bonds is 5. The van der Waals surface area contributed by atoms with Crippen molar-refractivity contribution in [1.29, 1.82) is 0 Å². The van der Waals surface area contributed by atoms with E-state index in [4.69, 9.17) is 52.6 Å². The molecule has 7 amide bonds. The zero-order valence-corrected chi connectivity index (χ0v) is 52.8. The van der Waals surface area contributed by atoms with Crippen LogP contribution in [0.25, 0.3) is 11.1 Å². The van der Waals surface area contributed by atoms with Crippen molar-refractivity contribution in [2.75, 3.05) is 6.61 Å². The molecule has 1 saturated heterocycles. The molecule has 0 spiro atoms. The third kappa shape index (κ3) is 13.3. The van der Waals surface area contributed by atoms with Gasteiger partial charge in [0.15, 0.2) is 35.3 Å². The summed E-state index contributed by atoms with van der Waals surface area (Å²) in [7, 11) is 0. The van der Waals surface area contributed by atoms with Gasteiger partial charge in [0.05, 0.1) is 16.7 Å². The second kappa shape index (κ2) is 27.3. The Morgan fingerprint density at radius 2 is 1.09 bits per heavy atom. The molecule has 7 aliphatic rings. The number of hydrogen-bond acceptors (Lipinski definition) is 24. The molecule has 520 valence electrons. The number of aromatic hydroxyl groups is 6. The normalized spacial score (nSPS) is 25.8. The Balaban J connectivity index is 1.10. The van der Waals surface area contributed by atoms with Gasteiger partial charge in [-0.3, -0.25) is 33.6 Å².